The highest BCUT2D eigenvalue weighted by Gasteiger charge is 2.12. The molecule has 0 unspecified atom stereocenters. The highest BCUT2D eigenvalue weighted by Crippen LogP contribution is 2.22. The Morgan fingerprint density at radius 1 is 1.17 bits per heavy atom. The van der Waals surface area contributed by atoms with Crippen LogP contribution in [0.15, 0.2) is 36.4 Å². The zero-order chi connectivity index (χ0) is 17.3. The number of halogens is 1. The Bertz CT molecular complexity index is 919. The smallest absolute Gasteiger partial charge is 0.253 e. The van der Waals surface area contributed by atoms with Gasteiger partial charge in [-0.2, -0.15) is 10.1 Å². The molecule has 0 bridgehead atoms. The van der Waals surface area contributed by atoms with Gasteiger partial charge in [0.25, 0.3) is 5.95 Å². The van der Waals surface area contributed by atoms with Gasteiger partial charge in [0, 0.05) is 24.2 Å². The zero-order valence-electron chi connectivity index (χ0n) is 13.5. The Morgan fingerprint density at radius 3 is 2.58 bits per heavy atom. The van der Waals surface area contributed by atoms with Crippen LogP contribution in [0.4, 0.5) is 10.2 Å². The van der Waals surface area contributed by atoms with E-state index in [1.807, 2.05) is 19.9 Å². The van der Waals surface area contributed by atoms with Gasteiger partial charge < -0.3 is 5.32 Å². The van der Waals surface area contributed by atoms with Crippen molar-refractivity contribution >= 4 is 11.7 Å². The van der Waals surface area contributed by atoms with Gasteiger partial charge in [-0.15, -0.1) is 0 Å². The number of nitrogens with zero attached hydrogens (tertiary/aromatic N) is 4. The van der Waals surface area contributed by atoms with Crippen LogP contribution >= 0.6 is 0 Å². The third kappa shape index (κ3) is 3.29. The predicted molar refractivity (Wildman–Crippen MR) is 88.3 cm³/mol. The number of aromatic nitrogens is 4. The van der Waals surface area contributed by atoms with Crippen molar-refractivity contribution in [2.75, 3.05) is 5.32 Å². The average molecular weight is 325 g/mol. The SMILES string of the molecule is CC(=O)Nc1cc(-c2cccc(F)c2)nc(-n2nc(C)cc2C)n1. The molecule has 7 heteroatoms. The Hall–Kier alpha value is -3.09. The van der Waals surface area contributed by atoms with Crippen molar-refractivity contribution in [3.05, 3.63) is 53.6 Å². The first-order chi connectivity index (χ1) is 11.4. The van der Waals surface area contributed by atoms with Crippen molar-refractivity contribution in [2.45, 2.75) is 20.8 Å². The van der Waals surface area contributed by atoms with Gasteiger partial charge in [-0.1, -0.05) is 12.1 Å². The molecule has 0 aliphatic carbocycles. The zero-order valence-corrected chi connectivity index (χ0v) is 13.5. The molecule has 122 valence electrons. The van der Waals surface area contributed by atoms with E-state index in [-0.39, 0.29) is 11.7 Å². The van der Waals surface area contributed by atoms with Crippen LogP contribution in [0, 0.1) is 19.7 Å². The molecule has 0 aliphatic rings. The maximum Gasteiger partial charge on any atom is 0.253 e. The van der Waals surface area contributed by atoms with Crippen molar-refractivity contribution in [2.24, 2.45) is 0 Å². The standard InChI is InChI=1S/C17H16FN5O/c1-10-7-11(2)23(22-10)17-20-15(9-16(21-17)19-12(3)24)13-5-4-6-14(18)8-13/h4-9H,1-3H3,(H,19,20,21,24). The van der Waals surface area contributed by atoms with Crippen LogP contribution in [0.5, 0.6) is 0 Å². The molecule has 0 saturated heterocycles. The van der Waals surface area contributed by atoms with Crippen LogP contribution in [-0.4, -0.2) is 25.7 Å². The second kappa shape index (κ2) is 6.19. The normalized spacial score (nSPS) is 10.7. The van der Waals surface area contributed by atoms with Gasteiger partial charge in [0.2, 0.25) is 5.91 Å². The van der Waals surface area contributed by atoms with Gasteiger partial charge in [0.05, 0.1) is 11.4 Å². The Labute approximate surface area is 138 Å². The van der Waals surface area contributed by atoms with E-state index < -0.39 is 0 Å². The number of carbonyl (C=O) groups is 1. The lowest BCUT2D eigenvalue weighted by Gasteiger charge is -2.09. The number of amides is 1. The molecule has 0 aliphatic heterocycles. The molecular weight excluding hydrogens is 309 g/mol. The van der Waals surface area contributed by atoms with Gasteiger partial charge in [0.1, 0.15) is 11.6 Å². The summed E-state index contributed by atoms with van der Waals surface area (Å²) in [5, 5.41) is 7.00. The lowest BCUT2D eigenvalue weighted by molar-refractivity contribution is -0.114. The molecule has 2 aromatic heterocycles. The van der Waals surface area contributed by atoms with E-state index in [0.717, 1.165) is 11.4 Å². The Balaban J connectivity index is 2.17. The van der Waals surface area contributed by atoms with Gasteiger partial charge in [-0.3, -0.25) is 4.79 Å². The van der Waals surface area contributed by atoms with Crippen molar-refractivity contribution < 1.29 is 9.18 Å². The number of benzene rings is 1. The van der Waals surface area contributed by atoms with Crippen LogP contribution in [0.1, 0.15) is 18.3 Å². The summed E-state index contributed by atoms with van der Waals surface area (Å²) in [5.41, 5.74) is 2.77. The highest BCUT2D eigenvalue weighted by atomic mass is 19.1. The van der Waals surface area contributed by atoms with Crippen molar-refractivity contribution in [1.29, 1.82) is 0 Å². The second-order valence-electron chi connectivity index (χ2n) is 5.47. The number of carbonyl (C=O) groups excluding carboxylic acids is 1. The molecule has 6 nitrogen and oxygen atoms in total. The van der Waals surface area contributed by atoms with Gasteiger partial charge in [0.15, 0.2) is 0 Å². The number of anilines is 1. The van der Waals surface area contributed by atoms with E-state index in [0.29, 0.717) is 23.0 Å². The van der Waals surface area contributed by atoms with E-state index in [2.05, 4.69) is 20.4 Å². The van der Waals surface area contributed by atoms with Crippen LogP contribution in [0.2, 0.25) is 0 Å². The highest BCUT2D eigenvalue weighted by molar-refractivity contribution is 5.88. The fourth-order valence-corrected chi connectivity index (χ4v) is 2.40. The van der Waals surface area contributed by atoms with E-state index in [9.17, 15) is 9.18 Å². The molecular formula is C17H16FN5O. The molecule has 3 rings (SSSR count). The summed E-state index contributed by atoms with van der Waals surface area (Å²) in [6, 6.07) is 9.59. The lowest BCUT2D eigenvalue weighted by Crippen LogP contribution is -2.12. The molecule has 0 atom stereocenters. The number of hydrogen-bond donors (Lipinski definition) is 1. The van der Waals surface area contributed by atoms with Crippen molar-refractivity contribution in [1.82, 2.24) is 19.7 Å². The van der Waals surface area contributed by atoms with Crippen molar-refractivity contribution in [3.8, 4) is 17.2 Å². The molecule has 1 amide bonds. The summed E-state index contributed by atoms with van der Waals surface area (Å²) in [6.07, 6.45) is 0. The summed E-state index contributed by atoms with van der Waals surface area (Å²) in [4.78, 5) is 20.2. The van der Waals surface area contributed by atoms with Gasteiger partial charge in [-0.05, 0) is 32.0 Å². The fraction of sp³-hybridized carbons (Fsp3) is 0.176. The maximum absolute atomic E-state index is 13.5. The van der Waals surface area contributed by atoms with Crippen LogP contribution in [0.3, 0.4) is 0 Å². The molecule has 0 fully saturated rings. The van der Waals surface area contributed by atoms with E-state index >= 15 is 0 Å². The number of aryl methyl sites for hydroxylation is 2. The number of nitrogens with one attached hydrogen (secondary N) is 1. The molecule has 1 N–H and O–H groups in total. The number of hydrogen-bond acceptors (Lipinski definition) is 4. The van der Waals surface area contributed by atoms with Gasteiger partial charge >= 0.3 is 0 Å². The third-order valence-corrected chi connectivity index (χ3v) is 3.34. The topological polar surface area (TPSA) is 72.7 Å². The average Bonchev–Trinajstić information content (AvgIpc) is 2.85. The molecule has 0 saturated carbocycles. The maximum atomic E-state index is 13.5. The first-order valence-corrected chi connectivity index (χ1v) is 7.38. The minimum absolute atomic E-state index is 0.252. The minimum atomic E-state index is -0.361. The lowest BCUT2D eigenvalue weighted by atomic mass is 10.1. The summed E-state index contributed by atoms with van der Waals surface area (Å²) >= 11 is 0. The van der Waals surface area contributed by atoms with E-state index in [1.54, 1.807) is 22.9 Å². The Kier molecular flexibility index (Phi) is 4.07. The summed E-state index contributed by atoms with van der Waals surface area (Å²) < 4.78 is 15.1. The van der Waals surface area contributed by atoms with E-state index in [4.69, 9.17) is 0 Å². The van der Waals surface area contributed by atoms with Crippen LogP contribution < -0.4 is 5.32 Å². The van der Waals surface area contributed by atoms with Gasteiger partial charge in [-0.25, -0.2) is 14.1 Å². The fourth-order valence-electron chi connectivity index (χ4n) is 2.40. The molecule has 3 aromatic rings. The third-order valence-electron chi connectivity index (χ3n) is 3.34. The quantitative estimate of drug-likeness (QED) is 0.803. The van der Waals surface area contributed by atoms with E-state index in [1.165, 1.54) is 19.1 Å². The summed E-state index contributed by atoms with van der Waals surface area (Å²) in [5.74, 6) is 0.0310. The first kappa shape index (κ1) is 15.8. The Morgan fingerprint density at radius 2 is 1.96 bits per heavy atom. The molecule has 2 heterocycles. The molecule has 1 aromatic carbocycles. The number of rotatable bonds is 3. The first-order valence-electron chi connectivity index (χ1n) is 7.38. The van der Waals surface area contributed by atoms with Crippen LogP contribution in [0.25, 0.3) is 17.2 Å². The minimum Gasteiger partial charge on any atom is -0.311 e. The summed E-state index contributed by atoms with van der Waals surface area (Å²) in [6.45, 7) is 5.15. The second-order valence-corrected chi connectivity index (χ2v) is 5.47. The van der Waals surface area contributed by atoms with Crippen LogP contribution in [-0.2, 0) is 4.79 Å². The monoisotopic (exact) mass is 325 g/mol. The summed E-state index contributed by atoms with van der Waals surface area (Å²) in [7, 11) is 0. The molecule has 0 spiro atoms. The predicted octanol–water partition coefficient (Wildman–Crippen LogP) is 3.04. The molecule has 24 heavy (non-hydrogen) atoms. The largest absolute Gasteiger partial charge is 0.311 e. The molecule has 0 radical (unpaired) electrons. The van der Waals surface area contributed by atoms with Crippen molar-refractivity contribution in [3.63, 3.8) is 0 Å².